The van der Waals surface area contributed by atoms with E-state index in [1.807, 2.05) is 0 Å². The molecule has 0 radical (unpaired) electrons. The third-order valence-corrected chi connectivity index (χ3v) is 1.70. The minimum absolute atomic E-state index is 0.0937. The molecule has 1 heterocycles. The lowest BCUT2D eigenvalue weighted by molar-refractivity contribution is -0.159. The fourth-order valence-electron chi connectivity index (χ4n) is 0.828. The van der Waals surface area contributed by atoms with Crippen molar-refractivity contribution in [1.82, 2.24) is 9.97 Å². The largest absolute Gasteiger partial charge is 0.473 e. The number of aliphatic carboxylic acids is 2. The molecule has 0 saturated carbocycles. The Bertz CT molecular complexity index is 341. The van der Waals surface area contributed by atoms with E-state index in [9.17, 15) is 0 Å². The predicted octanol–water partition coefficient (Wildman–Crippen LogP) is -1.37. The lowest BCUT2D eigenvalue weighted by Gasteiger charge is -2.08. The van der Waals surface area contributed by atoms with Gasteiger partial charge < -0.3 is 21.7 Å². The third-order valence-electron chi connectivity index (χ3n) is 1.70. The van der Waals surface area contributed by atoms with E-state index in [4.69, 9.17) is 31.3 Å². The molecular weight excluding hydrogens is 228 g/mol. The van der Waals surface area contributed by atoms with Crippen molar-refractivity contribution in [3.63, 3.8) is 0 Å². The van der Waals surface area contributed by atoms with Gasteiger partial charge in [0.15, 0.2) is 0 Å². The Labute approximate surface area is 97.3 Å². The first-order valence-corrected chi connectivity index (χ1v) is 4.66. The van der Waals surface area contributed by atoms with E-state index in [-0.39, 0.29) is 5.92 Å². The third kappa shape index (κ3) is 6.17. The molecule has 0 bridgehead atoms. The van der Waals surface area contributed by atoms with Gasteiger partial charge in [0.1, 0.15) is 5.82 Å². The molecule has 1 aromatic heterocycles. The molecule has 8 heteroatoms. The fourth-order valence-corrected chi connectivity index (χ4v) is 0.828. The number of nitrogens with two attached hydrogens (primary N) is 2. The summed E-state index contributed by atoms with van der Waals surface area (Å²) in [5.74, 6) is -2.82. The summed E-state index contributed by atoms with van der Waals surface area (Å²) in [5.41, 5.74) is 10.9. The summed E-state index contributed by atoms with van der Waals surface area (Å²) in [5, 5.41) is 14.8. The van der Waals surface area contributed by atoms with Crippen molar-refractivity contribution in [3.05, 3.63) is 24.3 Å². The van der Waals surface area contributed by atoms with Gasteiger partial charge in [0.05, 0.1) is 0 Å². The van der Waals surface area contributed by atoms with Gasteiger partial charge in [0.25, 0.3) is 0 Å². The first-order valence-electron chi connectivity index (χ1n) is 4.66. The van der Waals surface area contributed by atoms with Crippen molar-refractivity contribution >= 4 is 11.9 Å². The zero-order valence-corrected chi connectivity index (χ0v) is 8.98. The number of hydrogen-bond donors (Lipinski definition) is 4. The van der Waals surface area contributed by atoms with Gasteiger partial charge in [-0.15, -0.1) is 0 Å². The van der Waals surface area contributed by atoms with E-state index >= 15 is 0 Å². The van der Waals surface area contributed by atoms with Crippen molar-refractivity contribution in [2.45, 2.75) is 5.92 Å². The second-order valence-electron chi connectivity index (χ2n) is 2.89. The molecule has 0 aliphatic heterocycles. The van der Waals surface area contributed by atoms with Crippen LogP contribution in [-0.2, 0) is 9.59 Å². The average Bonchev–Trinajstić information content (AvgIpc) is 2.32. The van der Waals surface area contributed by atoms with E-state index in [1.54, 1.807) is 18.5 Å². The highest BCUT2D eigenvalue weighted by atomic mass is 16.4. The smallest absolute Gasteiger partial charge is 0.414 e. The number of rotatable bonds is 3. The van der Waals surface area contributed by atoms with Crippen LogP contribution < -0.4 is 11.5 Å². The van der Waals surface area contributed by atoms with E-state index in [0.717, 1.165) is 5.82 Å². The lowest BCUT2D eigenvalue weighted by Crippen LogP contribution is -2.22. The molecule has 0 unspecified atom stereocenters. The molecule has 0 spiro atoms. The van der Waals surface area contributed by atoms with E-state index in [0.29, 0.717) is 13.1 Å². The maximum atomic E-state index is 9.10. The first-order chi connectivity index (χ1) is 8.02. The lowest BCUT2D eigenvalue weighted by atomic mass is 10.1. The minimum atomic E-state index is -1.82. The Hall–Kier alpha value is -2.06. The summed E-state index contributed by atoms with van der Waals surface area (Å²) < 4.78 is 0. The normalized spacial score (nSPS) is 9.35. The predicted molar refractivity (Wildman–Crippen MR) is 58.2 cm³/mol. The van der Waals surface area contributed by atoms with Gasteiger partial charge in [-0.25, -0.2) is 19.6 Å². The Balaban J connectivity index is 0.000000366. The molecule has 6 N–H and O–H groups in total. The maximum Gasteiger partial charge on any atom is 0.414 e. The monoisotopic (exact) mass is 242 g/mol. The number of aromatic nitrogens is 2. The van der Waals surface area contributed by atoms with Crippen LogP contribution in [0.25, 0.3) is 0 Å². The van der Waals surface area contributed by atoms with Gasteiger partial charge in [-0.1, -0.05) is 0 Å². The second-order valence-corrected chi connectivity index (χ2v) is 2.89. The van der Waals surface area contributed by atoms with E-state index in [1.165, 1.54) is 0 Å². The highest BCUT2D eigenvalue weighted by Crippen LogP contribution is 2.04. The van der Waals surface area contributed by atoms with Gasteiger partial charge in [-0.2, -0.15) is 0 Å². The summed E-state index contributed by atoms with van der Waals surface area (Å²) in [4.78, 5) is 26.3. The molecule has 17 heavy (non-hydrogen) atoms. The molecule has 1 rings (SSSR count). The van der Waals surface area contributed by atoms with Crippen LogP contribution >= 0.6 is 0 Å². The van der Waals surface area contributed by atoms with Crippen LogP contribution in [0.1, 0.15) is 11.7 Å². The second kappa shape index (κ2) is 8.13. The molecule has 8 nitrogen and oxygen atoms in total. The molecule has 0 fully saturated rings. The van der Waals surface area contributed by atoms with Gasteiger partial charge in [0, 0.05) is 31.4 Å². The molecule has 0 aliphatic rings. The topological polar surface area (TPSA) is 152 Å². The molecule has 0 aliphatic carbocycles. The minimum Gasteiger partial charge on any atom is -0.473 e. The van der Waals surface area contributed by atoms with Gasteiger partial charge in [-0.3, -0.25) is 0 Å². The van der Waals surface area contributed by atoms with Crippen LogP contribution in [0.4, 0.5) is 0 Å². The zero-order chi connectivity index (χ0) is 13.3. The zero-order valence-electron chi connectivity index (χ0n) is 8.98. The number of carbonyl (C=O) groups is 2. The number of nitrogens with zero attached hydrogens (tertiary/aromatic N) is 2. The van der Waals surface area contributed by atoms with Gasteiger partial charge >= 0.3 is 11.9 Å². The Kier molecular flexibility index (Phi) is 7.15. The highest BCUT2D eigenvalue weighted by Gasteiger charge is 2.08. The molecule has 1 aromatic rings. The number of carboxylic acid groups (broad SMARTS) is 2. The summed E-state index contributed by atoms with van der Waals surface area (Å²) in [6, 6.07) is 1.77. The quantitative estimate of drug-likeness (QED) is 0.474. The van der Waals surface area contributed by atoms with Crippen LogP contribution in [0.3, 0.4) is 0 Å². The van der Waals surface area contributed by atoms with Crippen molar-refractivity contribution in [1.29, 1.82) is 0 Å². The maximum absolute atomic E-state index is 9.10. The van der Waals surface area contributed by atoms with Gasteiger partial charge in [0.2, 0.25) is 0 Å². The summed E-state index contributed by atoms with van der Waals surface area (Å²) >= 11 is 0. The average molecular weight is 242 g/mol. The Morgan fingerprint density at radius 2 is 1.53 bits per heavy atom. The van der Waals surface area contributed by atoms with Crippen LogP contribution in [0.5, 0.6) is 0 Å². The number of carboxylic acids is 2. The summed E-state index contributed by atoms with van der Waals surface area (Å²) in [7, 11) is 0. The van der Waals surface area contributed by atoms with E-state index in [2.05, 4.69) is 9.97 Å². The van der Waals surface area contributed by atoms with Crippen LogP contribution in [0, 0.1) is 0 Å². The van der Waals surface area contributed by atoms with Crippen LogP contribution in [-0.4, -0.2) is 45.2 Å². The molecule has 94 valence electrons. The summed E-state index contributed by atoms with van der Waals surface area (Å²) in [6.07, 6.45) is 3.39. The standard InChI is InChI=1S/C7H12N4.C2H2O4/c8-4-6(5-9)7-10-2-1-3-11-7;3-1(4)2(5)6/h1-3,6H,4-5,8-9H2;(H,3,4)(H,5,6). The van der Waals surface area contributed by atoms with E-state index < -0.39 is 11.9 Å². The SMILES string of the molecule is NCC(CN)c1ncccn1.O=C(O)C(=O)O. The van der Waals surface area contributed by atoms with Crippen molar-refractivity contribution < 1.29 is 19.8 Å². The van der Waals surface area contributed by atoms with Crippen molar-refractivity contribution in [2.24, 2.45) is 11.5 Å². The number of hydrogen-bond acceptors (Lipinski definition) is 6. The van der Waals surface area contributed by atoms with Crippen LogP contribution in [0.15, 0.2) is 18.5 Å². The Morgan fingerprint density at radius 1 is 1.12 bits per heavy atom. The van der Waals surface area contributed by atoms with Crippen LogP contribution in [0.2, 0.25) is 0 Å². The molecular formula is C9H14N4O4. The highest BCUT2D eigenvalue weighted by molar-refractivity contribution is 6.27. The Morgan fingerprint density at radius 3 is 1.82 bits per heavy atom. The molecule has 0 aromatic carbocycles. The summed E-state index contributed by atoms with van der Waals surface area (Å²) in [6.45, 7) is 1.00. The molecule has 0 atom stereocenters. The van der Waals surface area contributed by atoms with Crippen molar-refractivity contribution in [3.8, 4) is 0 Å². The van der Waals surface area contributed by atoms with Gasteiger partial charge in [-0.05, 0) is 6.07 Å². The molecule has 0 amide bonds. The molecule has 0 saturated heterocycles. The van der Waals surface area contributed by atoms with Crippen molar-refractivity contribution in [2.75, 3.05) is 13.1 Å². The first kappa shape index (κ1) is 14.9. The fraction of sp³-hybridized carbons (Fsp3) is 0.333.